The number of primary amides is 1. The molecule has 3 rings (SSSR count). The molecule has 31 heavy (non-hydrogen) atoms. The van der Waals surface area contributed by atoms with Gasteiger partial charge in [0.2, 0.25) is 5.91 Å². The molecule has 8 nitrogen and oxygen atoms in total. The molecular formula is C22H25N3O5S. The molecule has 2 aromatic rings. The molecule has 164 valence electrons. The van der Waals surface area contributed by atoms with Gasteiger partial charge in [-0.05, 0) is 61.9 Å². The van der Waals surface area contributed by atoms with E-state index < -0.39 is 30.3 Å². The van der Waals surface area contributed by atoms with E-state index in [2.05, 4.69) is 10.6 Å². The van der Waals surface area contributed by atoms with Crippen LogP contribution in [0.4, 0.5) is 10.7 Å². The van der Waals surface area contributed by atoms with Crippen molar-refractivity contribution in [1.29, 1.82) is 0 Å². The third-order valence-corrected chi connectivity index (χ3v) is 6.34. The summed E-state index contributed by atoms with van der Waals surface area (Å²) >= 11 is 1.35. The van der Waals surface area contributed by atoms with E-state index in [1.54, 1.807) is 6.07 Å². The minimum atomic E-state index is -0.658. The Labute approximate surface area is 184 Å². The van der Waals surface area contributed by atoms with Crippen molar-refractivity contribution in [3.05, 3.63) is 45.3 Å². The molecule has 1 aliphatic carbocycles. The van der Waals surface area contributed by atoms with E-state index in [0.29, 0.717) is 16.3 Å². The molecule has 4 N–H and O–H groups in total. The molecule has 0 saturated heterocycles. The standard InChI is InChI=1S/C22H25N3O5S/c1-12-6-7-14(10-13(12)2)24-18(27)11-30-19(28)9-8-17(26)25-22-20(21(23)29)15-4-3-5-16(15)31-22/h6-7,10H,3-5,8-9,11H2,1-2H3,(H2,23,29)(H,24,27)(H,25,26). The van der Waals surface area contributed by atoms with Crippen LogP contribution in [0.25, 0.3) is 0 Å². The number of amides is 3. The van der Waals surface area contributed by atoms with Gasteiger partial charge in [0.15, 0.2) is 6.61 Å². The summed E-state index contributed by atoms with van der Waals surface area (Å²) in [6.07, 6.45) is 2.31. The van der Waals surface area contributed by atoms with E-state index in [4.69, 9.17) is 10.5 Å². The molecule has 0 radical (unpaired) electrons. The molecule has 0 bridgehead atoms. The molecule has 9 heteroatoms. The first kappa shape index (κ1) is 22.5. The number of carbonyl (C=O) groups excluding carboxylic acids is 4. The lowest BCUT2D eigenvalue weighted by atomic mass is 10.1. The maximum absolute atomic E-state index is 12.2. The Balaban J connectivity index is 1.43. The van der Waals surface area contributed by atoms with E-state index >= 15 is 0 Å². The van der Waals surface area contributed by atoms with Crippen LogP contribution in [0.1, 0.15) is 51.2 Å². The predicted molar refractivity (Wildman–Crippen MR) is 118 cm³/mol. The number of carbonyl (C=O) groups is 4. The number of fused-ring (bicyclic) bond motifs is 1. The Morgan fingerprint density at radius 2 is 1.81 bits per heavy atom. The van der Waals surface area contributed by atoms with Gasteiger partial charge in [-0.15, -0.1) is 11.3 Å². The molecule has 0 spiro atoms. The van der Waals surface area contributed by atoms with Gasteiger partial charge in [0, 0.05) is 17.0 Å². The number of hydrogen-bond acceptors (Lipinski definition) is 6. The van der Waals surface area contributed by atoms with Gasteiger partial charge in [-0.3, -0.25) is 19.2 Å². The Kier molecular flexibility index (Phi) is 7.06. The van der Waals surface area contributed by atoms with Crippen molar-refractivity contribution < 1.29 is 23.9 Å². The fourth-order valence-corrected chi connectivity index (χ4v) is 4.70. The summed E-state index contributed by atoms with van der Waals surface area (Å²) in [5.74, 6) is -2.10. The first-order valence-electron chi connectivity index (χ1n) is 10.0. The summed E-state index contributed by atoms with van der Waals surface area (Å²) in [7, 11) is 0. The van der Waals surface area contributed by atoms with Crippen LogP contribution in [-0.4, -0.2) is 30.3 Å². The number of nitrogens with one attached hydrogen (secondary N) is 2. The Hall–Kier alpha value is -3.20. The maximum atomic E-state index is 12.2. The lowest BCUT2D eigenvalue weighted by molar-refractivity contribution is -0.147. The van der Waals surface area contributed by atoms with Crippen LogP contribution in [0.2, 0.25) is 0 Å². The quantitative estimate of drug-likeness (QED) is 0.541. The summed E-state index contributed by atoms with van der Waals surface area (Å²) in [6.45, 7) is 3.47. The second-order valence-electron chi connectivity index (χ2n) is 7.48. The normalized spacial score (nSPS) is 12.2. The van der Waals surface area contributed by atoms with Crippen LogP contribution in [0.5, 0.6) is 0 Å². The van der Waals surface area contributed by atoms with Gasteiger partial charge < -0.3 is 21.1 Å². The minimum absolute atomic E-state index is 0.127. The minimum Gasteiger partial charge on any atom is -0.456 e. The Morgan fingerprint density at radius 3 is 2.52 bits per heavy atom. The summed E-state index contributed by atoms with van der Waals surface area (Å²) in [5.41, 5.74) is 9.53. The largest absolute Gasteiger partial charge is 0.456 e. The van der Waals surface area contributed by atoms with Crippen LogP contribution in [0.3, 0.4) is 0 Å². The molecule has 0 aliphatic heterocycles. The van der Waals surface area contributed by atoms with Gasteiger partial charge in [-0.2, -0.15) is 0 Å². The van der Waals surface area contributed by atoms with Crippen molar-refractivity contribution in [2.75, 3.05) is 17.2 Å². The van der Waals surface area contributed by atoms with E-state index in [1.807, 2.05) is 26.0 Å². The van der Waals surface area contributed by atoms with E-state index in [-0.39, 0.29) is 12.8 Å². The third-order valence-electron chi connectivity index (χ3n) is 5.13. The van der Waals surface area contributed by atoms with Crippen molar-refractivity contribution in [1.82, 2.24) is 0 Å². The van der Waals surface area contributed by atoms with E-state index in [1.165, 1.54) is 11.3 Å². The number of benzene rings is 1. The van der Waals surface area contributed by atoms with Gasteiger partial charge in [0.05, 0.1) is 12.0 Å². The zero-order valence-corrected chi connectivity index (χ0v) is 18.3. The second kappa shape index (κ2) is 9.74. The van der Waals surface area contributed by atoms with E-state index in [0.717, 1.165) is 40.8 Å². The van der Waals surface area contributed by atoms with Crippen LogP contribution < -0.4 is 16.4 Å². The van der Waals surface area contributed by atoms with Gasteiger partial charge in [0.25, 0.3) is 11.8 Å². The Bertz CT molecular complexity index is 1040. The highest BCUT2D eigenvalue weighted by Gasteiger charge is 2.26. The van der Waals surface area contributed by atoms with Crippen molar-refractivity contribution in [2.45, 2.75) is 46.0 Å². The molecule has 3 amide bonds. The van der Waals surface area contributed by atoms with E-state index in [9.17, 15) is 19.2 Å². The monoisotopic (exact) mass is 443 g/mol. The first-order valence-corrected chi connectivity index (χ1v) is 10.8. The summed E-state index contributed by atoms with van der Waals surface area (Å²) in [6, 6.07) is 5.49. The first-order chi connectivity index (χ1) is 14.7. The number of nitrogens with two attached hydrogens (primary N) is 1. The fraction of sp³-hybridized carbons (Fsp3) is 0.364. The fourth-order valence-electron chi connectivity index (χ4n) is 3.39. The van der Waals surface area contributed by atoms with Crippen LogP contribution in [0.15, 0.2) is 18.2 Å². The molecule has 1 aromatic heterocycles. The molecular weight excluding hydrogens is 418 g/mol. The highest BCUT2D eigenvalue weighted by Crippen LogP contribution is 2.38. The van der Waals surface area contributed by atoms with Gasteiger partial charge in [-0.1, -0.05) is 6.07 Å². The number of anilines is 2. The molecule has 1 aromatic carbocycles. The highest BCUT2D eigenvalue weighted by molar-refractivity contribution is 7.17. The molecule has 0 atom stereocenters. The number of rotatable bonds is 8. The summed E-state index contributed by atoms with van der Waals surface area (Å²) < 4.78 is 4.94. The topological polar surface area (TPSA) is 128 Å². The SMILES string of the molecule is Cc1ccc(NC(=O)COC(=O)CCC(=O)Nc2sc3c(c2C(N)=O)CCC3)cc1C. The lowest BCUT2D eigenvalue weighted by Gasteiger charge is -2.09. The lowest BCUT2D eigenvalue weighted by Crippen LogP contribution is -2.22. The van der Waals surface area contributed by atoms with Crippen molar-refractivity contribution in [2.24, 2.45) is 5.73 Å². The smallest absolute Gasteiger partial charge is 0.306 e. The van der Waals surface area contributed by atoms with Gasteiger partial charge >= 0.3 is 5.97 Å². The maximum Gasteiger partial charge on any atom is 0.306 e. The number of thiophene rings is 1. The summed E-state index contributed by atoms with van der Waals surface area (Å²) in [5, 5.41) is 5.77. The van der Waals surface area contributed by atoms with Crippen molar-refractivity contribution in [3.8, 4) is 0 Å². The molecule has 1 aliphatic rings. The van der Waals surface area contributed by atoms with Gasteiger partial charge in [0.1, 0.15) is 5.00 Å². The Morgan fingerprint density at radius 1 is 1.03 bits per heavy atom. The molecule has 0 fully saturated rings. The second-order valence-corrected chi connectivity index (χ2v) is 8.59. The third kappa shape index (κ3) is 5.69. The zero-order chi connectivity index (χ0) is 22.5. The zero-order valence-electron chi connectivity index (χ0n) is 17.5. The number of ether oxygens (including phenoxy) is 1. The number of aryl methyl sites for hydroxylation is 3. The average molecular weight is 444 g/mol. The highest BCUT2D eigenvalue weighted by atomic mass is 32.1. The van der Waals surface area contributed by atoms with Crippen molar-refractivity contribution in [3.63, 3.8) is 0 Å². The number of hydrogen-bond donors (Lipinski definition) is 3. The van der Waals surface area contributed by atoms with Crippen molar-refractivity contribution >= 4 is 45.7 Å². The number of esters is 1. The van der Waals surface area contributed by atoms with Crippen LogP contribution in [0, 0.1) is 13.8 Å². The van der Waals surface area contributed by atoms with Crippen LogP contribution >= 0.6 is 11.3 Å². The predicted octanol–water partition coefficient (Wildman–Crippen LogP) is 2.85. The average Bonchev–Trinajstić information content (AvgIpc) is 3.28. The summed E-state index contributed by atoms with van der Waals surface area (Å²) in [4.78, 5) is 48.9. The molecule has 1 heterocycles. The van der Waals surface area contributed by atoms with Crippen LogP contribution in [-0.2, 0) is 32.0 Å². The molecule has 0 saturated carbocycles. The molecule has 0 unspecified atom stereocenters. The van der Waals surface area contributed by atoms with Gasteiger partial charge in [-0.25, -0.2) is 0 Å².